The van der Waals surface area contributed by atoms with Crippen molar-refractivity contribution >= 4 is 0 Å². The monoisotopic (exact) mass is 268 g/mol. The minimum Gasteiger partial charge on any atom is -0.315 e. The average molecular weight is 268 g/mol. The fraction of sp³-hybridized carbons (Fsp3) is 1.00. The molecule has 0 bridgehead atoms. The second kappa shape index (κ2) is 8.20. The van der Waals surface area contributed by atoms with Crippen LogP contribution in [0.5, 0.6) is 0 Å². The van der Waals surface area contributed by atoms with Crippen molar-refractivity contribution in [2.45, 2.75) is 32.2 Å². The third kappa shape index (κ3) is 5.03. The lowest BCUT2D eigenvalue weighted by Crippen LogP contribution is -2.51. The van der Waals surface area contributed by atoms with E-state index in [9.17, 15) is 0 Å². The second-order valence-electron chi connectivity index (χ2n) is 6.12. The molecule has 2 fully saturated rings. The van der Waals surface area contributed by atoms with Gasteiger partial charge in [0, 0.05) is 38.8 Å². The van der Waals surface area contributed by atoms with Crippen LogP contribution in [0.4, 0.5) is 0 Å². The van der Waals surface area contributed by atoms with Gasteiger partial charge in [-0.25, -0.2) is 0 Å². The van der Waals surface area contributed by atoms with Gasteiger partial charge in [0.2, 0.25) is 0 Å². The van der Waals surface area contributed by atoms with Crippen LogP contribution in [0.2, 0.25) is 0 Å². The second-order valence-corrected chi connectivity index (χ2v) is 6.12. The van der Waals surface area contributed by atoms with Crippen molar-refractivity contribution in [3.63, 3.8) is 0 Å². The first kappa shape index (κ1) is 15.2. The van der Waals surface area contributed by atoms with E-state index in [-0.39, 0.29) is 0 Å². The highest BCUT2D eigenvalue weighted by atomic mass is 15.3. The third-order valence-corrected chi connectivity index (χ3v) is 4.75. The lowest BCUT2D eigenvalue weighted by atomic mass is 10.1. The van der Waals surface area contributed by atoms with Crippen LogP contribution in [0, 0.1) is 0 Å². The Balaban J connectivity index is 1.65. The van der Waals surface area contributed by atoms with Crippen molar-refractivity contribution in [1.82, 2.24) is 20.0 Å². The van der Waals surface area contributed by atoms with Crippen LogP contribution in [-0.4, -0.2) is 86.7 Å². The van der Waals surface area contributed by atoms with Gasteiger partial charge in [-0.05, 0) is 52.5 Å². The van der Waals surface area contributed by atoms with Gasteiger partial charge < -0.3 is 20.0 Å². The zero-order chi connectivity index (χ0) is 13.5. The first-order valence-corrected chi connectivity index (χ1v) is 8.15. The van der Waals surface area contributed by atoms with Crippen LogP contribution >= 0.6 is 0 Å². The van der Waals surface area contributed by atoms with Gasteiger partial charge in [-0.3, -0.25) is 0 Å². The molecule has 0 aliphatic carbocycles. The maximum absolute atomic E-state index is 3.48. The fourth-order valence-electron chi connectivity index (χ4n) is 3.29. The molecule has 112 valence electrons. The van der Waals surface area contributed by atoms with Gasteiger partial charge in [-0.1, -0.05) is 6.92 Å². The normalized spacial score (nSPS) is 28.4. The highest BCUT2D eigenvalue weighted by molar-refractivity contribution is 4.80. The molecule has 4 nitrogen and oxygen atoms in total. The van der Waals surface area contributed by atoms with Crippen LogP contribution in [-0.2, 0) is 0 Å². The van der Waals surface area contributed by atoms with Gasteiger partial charge >= 0.3 is 0 Å². The Kier molecular flexibility index (Phi) is 6.57. The number of hydrogen-bond donors (Lipinski definition) is 1. The summed E-state index contributed by atoms with van der Waals surface area (Å²) in [5.74, 6) is 0. The maximum Gasteiger partial charge on any atom is 0.0221 e. The predicted octanol–water partition coefficient (Wildman–Crippen LogP) is 0.698. The molecule has 19 heavy (non-hydrogen) atoms. The highest BCUT2D eigenvalue weighted by Gasteiger charge is 2.23. The van der Waals surface area contributed by atoms with Gasteiger partial charge in [0.25, 0.3) is 0 Å². The van der Waals surface area contributed by atoms with E-state index in [1.54, 1.807) is 0 Å². The third-order valence-electron chi connectivity index (χ3n) is 4.75. The summed E-state index contributed by atoms with van der Waals surface area (Å²) in [6, 6.07) is 0.777. The first-order chi connectivity index (χ1) is 9.29. The molecule has 0 aromatic carbocycles. The van der Waals surface area contributed by atoms with Crippen LogP contribution in [0.3, 0.4) is 0 Å². The summed E-state index contributed by atoms with van der Waals surface area (Å²) < 4.78 is 0. The average Bonchev–Trinajstić information content (AvgIpc) is 2.69. The van der Waals surface area contributed by atoms with Crippen LogP contribution in [0.15, 0.2) is 0 Å². The van der Waals surface area contributed by atoms with Gasteiger partial charge in [0.05, 0.1) is 0 Å². The topological polar surface area (TPSA) is 21.8 Å². The molecule has 0 aromatic heterocycles. The lowest BCUT2D eigenvalue weighted by molar-refractivity contribution is 0.0909. The van der Waals surface area contributed by atoms with Crippen molar-refractivity contribution < 1.29 is 0 Å². The van der Waals surface area contributed by atoms with Crippen molar-refractivity contribution in [2.75, 3.05) is 66.0 Å². The molecule has 2 aliphatic heterocycles. The van der Waals surface area contributed by atoms with E-state index in [4.69, 9.17) is 0 Å². The Labute approximate surface area is 119 Å². The van der Waals surface area contributed by atoms with E-state index >= 15 is 0 Å². The summed E-state index contributed by atoms with van der Waals surface area (Å²) in [5, 5.41) is 3.48. The summed E-state index contributed by atoms with van der Waals surface area (Å²) in [6.45, 7) is 13.4. The van der Waals surface area contributed by atoms with E-state index in [2.05, 4.69) is 34.0 Å². The van der Waals surface area contributed by atoms with Crippen molar-refractivity contribution in [1.29, 1.82) is 0 Å². The van der Waals surface area contributed by atoms with Gasteiger partial charge in [-0.2, -0.15) is 0 Å². The Hall–Kier alpha value is -0.160. The van der Waals surface area contributed by atoms with E-state index in [1.165, 1.54) is 78.2 Å². The molecule has 2 heterocycles. The fourth-order valence-corrected chi connectivity index (χ4v) is 3.29. The zero-order valence-electron chi connectivity index (χ0n) is 12.9. The van der Waals surface area contributed by atoms with E-state index in [1.807, 2.05) is 0 Å². The van der Waals surface area contributed by atoms with Gasteiger partial charge in [0.1, 0.15) is 0 Å². The molecule has 0 aromatic rings. The Bertz CT molecular complexity index is 238. The predicted molar refractivity (Wildman–Crippen MR) is 81.7 cm³/mol. The minimum atomic E-state index is 0.777. The molecule has 1 atom stereocenters. The highest BCUT2D eigenvalue weighted by Crippen LogP contribution is 2.13. The summed E-state index contributed by atoms with van der Waals surface area (Å²) in [4.78, 5) is 7.80. The quantitative estimate of drug-likeness (QED) is 0.792. The molecule has 0 saturated carbocycles. The Morgan fingerprint density at radius 1 is 1.05 bits per heavy atom. The maximum atomic E-state index is 3.48. The van der Waals surface area contributed by atoms with Crippen molar-refractivity contribution in [3.05, 3.63) is 0 Å². The molecular weight excluding hydrogens is 236 g/mol. The van der Waals surface area contributed by atoms with E-state index in [0.29, 0.717) is 0 Å². The van der Waals surface area contributed by atoms with Crippen LogP contribution < -0.4 is 5.32 Å². The summed E-state index contributed by atoms with van der Waals surface area (Å²) in [6.07, 6.45) is 4.02. The number of rotatable bonds is 5. The largest absolute Gasteiger partial charge is 0.315 e. The first-order valence-electron chi connectivity index (χ1n) is 8.15. The summed E-state index contributed by atoms with van der Waals surface area (Å²) >= 11 is 0. The van der Waals surface area contributed by atoms with Gasteiger partial charge in [0.15, 0.2) is 0 Å². The molecule has 2 rings (SSSR count). The number of nitrogens with zero attached hydrogens (tertiary/aromatic N) is 3. The molecule has 1 N–H and O–H groups in total. The molecular formula is C15H32N4. The molecule has 0 spiro atoms. The Morgan fingerprint density at radius 2 is 1.95 bits per heavy atom. The number of likely N-dealkylation sites (N-methyl/N-ethyl adjacent to an activating group) is 2. The lowest BCUT2D eigenvalue weighted by Gasteiger charge is -2.39. The molecule has 4 heteroatoms. The molecule has 2 saturated heterocycles. The van der Waals surface area contributed by atoms with Crippen molar-refractivity contribution in [3.8, 4) is 0 Å². The van der Waals surface area contributed by atoms with Crippen LogP contribution in [0.1, 0.15) is 26.2 Å². The van der Waals surface area contributed by atoms with Gasteiger partial charge in [-0.15, -0.1) is 0 Å². The standard InChI is InChI=1S/C15H32N4/c1-3-18-13-12-17(2)15(14-18)6-4-9-19-10-5-7-16-8-11-19/h15-16H,3-14H2,1-2H3/t15-/m0/s1. The number of nitrogens with one attached hydrogen (secondary N) is 1. The summed E-state index contributed by atoms with van der Waals surface area (Å²) in [7, 11) is 2.30. The van der Waals surface area contributed by atoms with Crippen molar-refractivity contribution in [2.24, 2.45) is 0 Å². The zero-order valence-corrected chi connectivity index (χ0v) is 12.9. The van der Waals surface area contributed by atoms with Crippen LogP contribution in [0.25, 0.3) is 0 Å². The molecule has 0 amide bonds. The minimum absolute atomic E-state index is 0.777. The smallest absolute Gasteiger partial charge is 0.0221 e. The number of hydrogen-bond acceptors (Lipinski definition) is 4. The number of piperazine rings is 1. The Morgan fingerprint density at radius 3 is 2.79 bits per heavy atom. The van der Waals surface area contributed by atoms with E-state index in [0.717, 1.165) is 6.04 Å². The van der Waals surface area contributed by atoms with E-state index < -0.39 is 0 Å². The SMILES string of the molecule is CCN1CCN(C)[C@@H](CCCN2CCCNCC2)C1. The molecule has 0 radical (unpaired) electrons. The molecule has 0 unspecified atom stereocenters. The molecule has 2 aliphatic rings. The summed E-state index contributed by atoms with van der Waals surface area (Å²) in [5.41, 5.74) is 0.